The molecule has 2 amide bonds. The Hall–Kier alpha value is -1.59. The van der Waals surface area contributed by atoms with Crippen LogP contribution in [0.2, 0.25) is 0 Å². The maximum absolute atomic E-state index is 11.2. The third-order valence-corrected chi connectivity index (χ3v) is 2.20. The number of nitrogens with zero attached hydrogens (tertiary/aromatic N) is 4. The molecule has 1 aromatic rings. The van der Waals surface area contributed by atoms with Gasteiger partial charge in [-0.25, -0.2) is 4.79 Å². The van der Waals surface area contributed by atoms with Gasteiger partial charge in [0.2, 0.25) is 0 Å². The molecule has 0 aliphatic carbocycles. The lowest BCUT2D eigenvalue weighted by Gasteiger charge is -2.12. The summed E-state index contributed by atoms with van der Waals surface area (Å²) in [5.41, 5.74) is 0.899. The number of hydrogen-bond acceptors (Lipinski definition) is 3. The highest BCUT2D eigenvalue weighted by atomic mass is 16.2. The van der Waals surface area contributed by atoms with E-state index in [4.69, 9.17) is 0 Å². The molecule has 0 spiro atoms. The second-order valence-electron chi connectivity index (χ2n) is 3.34. The van der Waals surface area contributed by atoms with E-state index in [0.717, 1.165) is 18.8 Å². The van der Waals surface area contributed by atoms with E-state index in [1.807, 2.05) is 13.1 Å². The SMILES string of the molecule is Cc1cn(CCN2CCNC2=O)nn1. The van der Waals surface area contributed by atoms with Crippen molar-refractivity contribution < 1.29 is 4.79 Å². The van der Waals surface area contributed by atoms with Crippen molar-refractivity contribution in [2.45, 2.75) is 13.5 Å². The maximum atomic E-state index is 11.2. The third-order valence-electron chi connectivity index (χ3n) is 2.20. The largest absolute Gasteiger partial charge is 0.336 e. The van der Waals surface area contributed by atoms with Gasteiger partial charge in [0, 0.05) is 25.8 Å². The van der Waals surface area contributed by atoms with Crippen molar-refractivity contribution in [3.63, 3.8) is 0 Å². The molecule has 76 valence electrons. The molecule has 1 aliphatic heterocycles. The van der Waals surface area contributed by atoms with Crippen LogP contribution in [0.15, 0.2) is 6.20 Å². The molecule has 0 saturated carbocycles. The molecule has 1 saturated heterocycles. The topological polar surface area (TPSA) is 63.0 Å². The van der Waals surface area contributed by atoms with Crippen LogP contribution in [-0.4, -0.2) is 45.6 Å². The summed E-state index contributed by atoms with van der Waals surface area (Å²) < 4.78 is 1.75. The Morgan fingerprint density at radius 2 is 2.43 bits per heavy atom. The minimum atomic E-state index is 0.0156. The summed E-state index contributed by atoms with van der Waals surface area (Å²) in [6.45, 7) is 4.82. The molecule has 0 unspecified atom stereocenters. The van der Waals surface area contributed by atoms with Crippen LogP contribution in [-0.2, 0) is 6.54 Å². The molecular formula is C8H13N5O. The maximum Gasteiger partial charge on any atom is 0.317 e. The quantitative estimate of drug-likeness (QED) is 0.714. The smallest absolute Gasteiger partial charge is 0.317 e. The van der Waals surface area contributed by atoms with Crippen molar-refractivity contribution in [2.75, 3.05) is 19.6 Å². The van der Waals surface area contributed by atoms with Gasteiger partial charge in [0.25, 0.3) is 0 Å². The van der Waals surface area contributed by atoms with E-state index in [9.17, 15) is 4.79 Å². The lowest BCUT2D eigenvalue weighted by atomic mass is 10.5. The molecule has 14 heavy (non-hydrogen) atoms. The first-order chi connectivity index (χ1) is 6.75. The number of carbonyl (C=O) groups excluding carboxylic acids is 1. The van der Waals surface area contributed by atoms with Crippen molar-refractivity contribution in [3.8, 4) is 0 Å². The molecule has 0 atom stereocenters. The van der Waals surface area contributed by atoms with E-state index >= 15 is 0 Å². The number of rotatable bonds is 3. The molecule has 6 nitrogen and oxygen atoms in total. The highest BCUT2D eigenvalue weighted by molar-refractivity contribution is 5.76. The van der Waals surface area contributed by atoms with Gasteiger partial charge in [-0.15, -0.1) is 5.10 Å². The third kappa shape index (κ3) is 1.84. The van der Waals surface area contributed by atoms with Crippen LogP contribution in [0.3, 0.4) is 0 Å². The average Bonchev–Trinajstić information content (AvgIpc) is 2.72. The van der Waals surface area contributed by atoms with Crippen molar-refractivity contribution in [1.82, 2.24) is 25.2 Å². The fourth-order valence-electron chi connectivity index (χ4n) is 1.45. The lowest BCUT2D eigenvalue weighted by molar-refractivity contribution is 0.215. The Labute approximate surface area is 81.9 Å². The van der Waals surface area contributed by atoms with E-state index in [1.165, 1.54) is 0 Å². The van der Waals surface area contributed by atoms with Crippen LogP contribution in [0.4, 0.5) is 4.79 Å². The second-order valence-corrected chi connectivity index (χ2v) is 3.34. The van der Waals surface area contributed by atoms with Gasteiger partial charge in [0.05, 0.1) is 12.2 Å². The molecule has 1 N–H and O–H groups in total. The molecule has 1 aromatic heterocycles. The zero-order valence-corrected chi connectivity index (χ0v) is 8.10. The Bertz CT molecular complexity index is 334. The molecular weight excluding hydrogens is 182 g/mol. The molecule has 0 radical (unpaired) electrons. The predicted molar refractivity (Wildman–Crippen MR) is 49.7 cm³/mol. The second kappa shape index (κ2) is 3.65. The van der Waals surface area contributed by atoms with Crippen LogP contribution in [0.25, 0.3) is 0 Å². The van der Waals surface area contributed by atoms with Crippen molar-refractivity contribution >= 4 is 6.03 Å². The molecule has 0 bridgehead atoms. The predicted octanol–water partition coefficient (Wildman–Crippen LogP) is -0.388. The van der Waals surface area contributed by atoms with Gasteiger partial charge < -0.3 is 10.2 Å². The van der Waals surface area contributed by atoms with E-state index < -0.39 is 0 Å². The minimum absolute atomic E-state index is 0.0156. The Balaban J connectivity index is 1.85. The lowest BCUT2D eigenvalue weighted by Crippen LogP contribution is -2.31. The van der Waals surface area contributed by atoms with E-state index in [-0.39, 0.29) is 6.03 Å². The van der Waals surface area contributed by atoms with Gasteiger partial charge in [-0.05, 0) is 6.92 Å². The highest BCUT2D eigenvalue weighted by Crippen LogP contribution is 1.97. The Kier molecular flexibility index (Phi) is 2.34. The van der Waals surface area contributed by atoms with E-state index in [2.05, 4.69) is 15.6 Å². The van der Waals surface area contributed by atoms with Crippen LogP contribution in [0.5, 0.6) is 0 Å². The van der Waals surface area contributed by atoms with E-state index in [1.54, 1.807) is 9.58 Å². The van der Waals surface area contributed by atoms with Gasteiger partial charge in [0.15, 0.2) is 0 Å². The number of aryl methyl sites for hydroxylation is 1. The average molecular weight is 195 g/mol. The fraction of sp³-hybridized carbons (Fsp3) is 0.625. The summed E-state index contributed by atoms with van der Waals surface area (Å²) in [6.07, 6.45) is 1.87. The molecule has 0 aromatic carbocycles. The number of amides is 2. The number of aromatic nitrogens is 3. The molecule has 6 heteroatoms. The summed E-state index contributed by atoms with van der Waals surface area (Å²) in [5, 5.41) is 10.5. The number of nitrogens with one attached hydrogen (secondary N) is 1. The molecule has 2 heterocycles. The first kappa shape index (κ1) is 8.98. The van der Waals surface area contributed by atoms with Crippen molar-refractivity contribution in [1.29, 1.82) is 0 Å². The van der Waals surface area contributed by atoms with Crippen LogP contribution in [0.1, 0.15) is 5.69 Å². The zero-order valence-electron chi connectivity index (χ0n) is 8.10. The van der Waals surface area contributed by atoms with Gasteiger partial charge in [-0.3, -0.25) is 4.68 Å². The van der Waals surface area contributed by atoms with Gasteiger partial charge in [-0.1, -0.05) is 5.21 Å². The molecule has 1 fully saturated rings. The summed E-state index contributed by atoms with van der Waals surface area (Å²) in [6, 6.07) is 0.0156. The number of carbonyl (C=O) groups is 1. The summed E-state index contributed by atoms with van der Waals surface area (Å²) in [4.78, 5) is 12.9. The van der Waals surface area contributed by atoms with Gasteiger partial charge in [0.1, 0.15) is 0 Å². The van der Waals surface area contributed by atoms with Gasteiger partial charge >= 0.3 is 6.03 Å². The fourth-order valence-corrected chi connectivity index (χ4v) is 1.45. The monoisotopic (exact) mass is 195 g/mol. The number of urea groups is 1. The van der Waals surface area contributed by atoms with Crippen LogP contribution >= 0.6 is 0 Å². The zero-order chi connectivity index (χ0) is 9.97. The first-order valence-corrected chi connectivity index (χ1v) is 4.65. The standard InChI is InChI=1S/C8H13N5O/c1-7-6-13(11-10-7)5-4-12-3-2-9-8(12)14/h6H,2-5H2,1H3,(H,9,14). The molecule has 1 aliphatic rings. The first-order valence-electron chi connectivity index (χ1n) is 4.65. The highest BCUT2D eigenvalue weighted by Gasteiger charge is 2.18. The Morgan fingerprint density at radius 3 is 3.00 bits per heavy atom. The summed E-state index contributed by atoms with van der Waals surface area (Å²) in [7, 11) is 0. The number of hydrogen-bond donors (Lipinski definition) is 1. The Morgan fingerprint density at radius 1 is 1.57 bits per heavy atom. The van der Waals surface area contributed by atoms with Crippen molar-refractivity contribution in [2.24, 2.45) is 0 Å². The van der Waals surface area contributed by atoms with Crippen LogP contribution < -0.4 is 5.32 Å². The van der Waals surface area contributed by atoms with Crippen LogP contribution in [0, 0.1) is 6.92 Å². The summed E-state index contributed by atoms with van der Waals surface area (Å²) in [5.74, 6) is 0. The normalized spacial score (nSPS) is 16.1. The van der Waals surface area contributed by atoms with E-state index in [0.29, 0.717) is 13.1 Å². The molecule has 2 rings (SSSR count). The summed E-state index contributed by atoms with van der Waals surface area (Å²) >= 11 is 0. The van der Waals surface area contributed by atoms with Crippen molar-refractivity contribution in [3.05, 3.63) is 11.9 Å². The van der Waals surface area contributed by atoms with Gasteiger partial charge in [-0.2, -0.15) is 0 Å². The minimum Gasteiger partial charge on any atom is -0.336 e.